The molecule has 0 atom stereocenters. The van der Waals surface area contributed by atoms with E-state index in [0.29, 0.717) is 17.4 Å². The van der Waals surface area contributed by atoms with Crippen molar-refractivity contribution in [2.24, 2.45) is 0 Å². The second kappa shape index (κ2) is 6.41. The molecule has 1 aromatic carbocycles. The number of aromatic nitrogens is 1. The van der Waals surface area contributed by atoms with Gasteiger partial charge in [0, 0.05) is 17.2 Å². The topological polar surface area (TPSA) is 34.2 Å². The maximum absolute atomic E-state index is 6.07. The highest BCUT2D eigenvalue weighted by molar-refractivity contribution is 9.10. The number of nitrogens with zero attached hydrogens (tertiary/aromatic N) is 1. The Morgan fingerprint density at radius 1 is 1.50 bits per heavy atom. The predicted molar refractivity (Wildman–Crippen MR) is 79.8 cm³/mol. The van der Waals surface area contributed by atoms with Gasteiger partial charge in [0.2, 0.25) is 0 Å². The molecule has 1 heterocycles. The highest BCUT2D eigenvalue weighted by Gasteiger charge is 2.05. The van der Waals surface area contributed by atoms with Crippen LogP contribution in [0.15, 0.2) is 28.9 Å². The number of benzene rings is 1. The van der Waals surface area contributed by atoms with Gasteiger partial charge in [-0.15, -0.1) is 0 Å². The van der Waals surface area contributed by atoms with Gasteiger partial charge < -0.3 is 10.1 Å². The van der Waals surface area contributed by atoms with Crippen molar-refractivity contribution in [1.82, 2.24) is 4.98 Å². The van der Waals surface area contributed by atoms with Gasteiger partial charge in [0.25, 0.3) is 0 Å². The van der Waals surface area contributed by atoms with Gasteiger partial charge in [-0.3, -0.25) is 0 Å². The lowest BCUT2D eigenvalue weighted by Crippen LogP contribution is -1.94. The van der Waals surface area contributed by atoms with E-state index in [0.717, 1.165) is 21.0 Å². The van der Waals surface area contributed by atoms with Crippen molar-refractivity contribution < 1.29 is 4.74 Å². The quantitative estimate of drug-likeness (QED) is 0.860. The molecule has 0 amide bonds. The zero-order valence-corrected chi connectivity index (χ0v) is 12.9. The summed E-state index contributed by atoms with van der Waals surface area (Å²) in [7, 11) is 0. The number of nitrogens with one attached hydrogen (secondary N) is 1. The largest absolute Gasteiger partial charge is 0.486 e. The molecule has 0 spiro atoms. The van der Waals surface area contributed by atoms with E-state index in [-0.39, 0.29) is 0 Å². The summed E-state index contributed by atoms with van der Waals surface area (Å²) in [5.74, 6) is 0.679. The van der Waals surface area contributed by atoms with E-state index in [4.69, 9.17) is 16.3 Å². The molecule has 3 nitrogen and oxygen atoms in total. The van der Waals surface area contributed by atoms with E-state index in [1.165, 1.54) is 0 Å². The Labute approximate surface area is 123 Å². The standard InChI is InChI=1S/C12H12BrClN2OS/c1-2-15-12-16-6-9(18-12)7-17-11-4-3-8(13)5-10(11)14/h3-6H,2,7H2,1H3,(H,15,16). The lowest BCUT2D eigenvalue weighted by molar-refractivity contribution is 0.309. The first-order chi connectivity index (χ1) is 8.69. The number of thiazole rings is 1. The minimum atomic E-state index is 0.477. The molecule has 0 aliphatic heterocycles. The van der Waals surface area contributed by atoms with Crippen LogP contribution in [0.5, 0.6) is 5.75 Å². The van der Waals surface area contributed by atoms with Crippen LogP contribution < -0.4 is 10.1 Å². The molecule has 0 aliphatic carbocycles. The summed E-state index contributed by atoms with van der Waals surface area (Å²) < 4.78 is 6.60. The number of ether oxygens (including phenoxy) is 1. The second-order valence-electron chi connectivity index (χ2n) is 3.53. The lowest BCUT2D eigenvalue weighted by Gasteiger charge is -2.06. The van der Waals surface area contributed by atoms with Gasteiger partial charge in [0.15, 0.2) is 5.13 Å². The van der Waals surface area contributed by atoms with Gasteiger partial charge in [-0.2, -0.15) is 0 Å². The molecule has 1 aromatic heterocycles. The van der Waals surface area contributed by atoms with Gasteiger partial charge in [-0.1, -0.05) is 38.9 Å². The lowest BCUT2D eigenvalue weighted by atomic mass is 10.3. The second-order valence-corrected chi connectivity index (χ2v) is 5.96. The fourth-order valence-corrected chi connectivity index (χ4v) is 2.87. The Balaban J connectivity index is 1.97. The third-order valence-electron chi connectivity index (χ3n) is 2.15. The molecule has 0 aliphatic rings. The molecule has 96 valence electrons. The Morgan fingerprint density at radius 2 is 2.33 bits per heavy atom. The van der Waals surface area contributed by atoms with E-state index < -0.39 is 0 Å². The molecule has 0 saturated heterocycles. The van der Waals surface area contributed by atoms with Gasteiger partial charge in [0.1, 0.15) is 12.4 Å². The molecule has 6 heteroatoms. The summed E-state index contributed by atoms with van der Waals surface area (Å²) in [6, 6.07) is 5.56. The van der Waals surface area contributed by atoms with Crippen LogP contribution in [0.3, 0.4) is 0 Å². The molecule has 0 saturated carbocycles. The van der Waals surface area contributed by atoms with E-state index in [9.17, 15) is 0 Å². The fraction of sp³-hybridized carbons (Fsp3) is 0.250. The first-order valence-electron chi connectivity index (χ1n) is 5.45. The molecular weight excluding hydrogens is 336 g/mol. The molecule has 0 bridgehead atoms. The maximum Gasteiger partial charge on any atom is 0.182 e. The smallest absolute Gasteiger partial charge is 0.182 e. The van der Waals surface area contributed by atoms with Crippen LogP contribution in [0, 0.1) is 0 Å². The summed E-state index contributed by atoms with van der Waals surface area (Å²) in [4.78, 5) is 5.30. The van der Waals surface area contributed by atoms with E-state index in [1.54, 1.807) is 11.3 Å². The zero-order chi connectivity index (χ0) is 13.0. The Kier molecular flexibility index (Phi) is 4.86. The summed E-state index contributed by atoms with van der Waals surface area (Å²) in [5.41, 5.74) is 0. The van der Waals surface area contributed by atoms with Crippen molar-refractivity contribution in [1.29, 1.82) is 0 Å². The summed E-state index contributed by atoms with van der Waals surface area (Å²) in [6.07, 6.45) is 1.81. The van der Waals surface area contributed by atoms with Crippen LogP contribution in [-0.4, -0.2) is 11.5 Å². The van der Waals surface area contributed by atoms with Crippen LogP contribution in [0.25, 0.3) is 0 Å². The SMILES string of the molecule is CCNc1ncc(COc2ccc(Br)cc2Cl)s1. The number of rotatable bonds is 5. The first-order valence-corrected chi connectivity index (χ1v) is 7.44. The van der Waals surface area contributed by atoms with Crippen molar-refractivity contribution in [3.05, 3.63) is 38.8 Å². The van der Waals surface area contributed by atoms with Crippen molar-refractivity contribution in [2.45, 2.75) is 13.5 Å². The monoisotopic (exact) mass is 346 g/mol. The third-order valence-corrected chi connectivity index (χ3v) is 3.86. The van der Waals surface area contributed by atoms with Crippen molar-refractivity contribution in [3.8, 4) is 5.75 Å². The van der Waals surface area contributed by atoms with Crippen molar-refractivity contribution >= 4 is 44.0 Å². The van der Waals surface area contributed by atoms with Crippen LogP contribution in [0.2, 0.25) is 5.02 Å². The van der Waals surface area contributed by atoms with Gasteiger partial charge in [0.05, 0.1) is 9.90 Å². The van der Waals surface area contributed by atoms with E-state index in [2.05, 4.69) is 26.2 Å². The van der Waals surface area contributed by atoms with Crippen LogP contribution in [-0.2, 0) is 6.61 Å². The van der Waals surface area contributed by atoms with Gasteiger partial charge >= 0.3 is 0 Å². The summed E-state index contributed by atoms with van der Waals surface area (Å²) in [5, 5.41) is 4.68. The van der Waals surface area contributed by atoms with Crippen LogP contribution >= 0.6 is 38.9 Å². The number of hydrogen-bond acceptors (Lipinski definition) is 4. The maximum atomic E-state index is 6.07. The Morgan fingerprint density at radius 3 is 3.06 bits per heavy atom. The Hall–Kier alpha value is -0.780. The fourth-order valence-electron chi connectivity index (χ4n) is 1.35. The highest BCUT2D eigenvalue weighted by atomic mass is 79.9. The number of anilines is 1. The van der Waals surface area contributed by atoms with E-state index in [1.807, 2.05) is 31.3 Å². The Bertz CT molecular complexity index is 533. The summed E-state index contributed by atoms with van der Waals surface area (Å²) in [6.45, 7) is 3.38. The first kappa shape index (κ1) is 13.6. The predicted octanol–water partition coefficient (Wildman–Crippen LogP) is 4.57. The number of hydrogen-bond donors (Lipinski definition) is 1. The third kappa shape index (κ3) is 3.60. The molecule has 2 rings (SSSR count). The van der Waals surface area contributed by atoms with Gasteiger partial charge in [-0.25, -0.2) is 4.98 Å². The molecule has 0 radical (unpaired) electrons. The van der Waals surface area contributed by atoms with Crippen LogP contribution in [0.1, 0.15) is 11.8 Å². The van der Waals surface area contributed by atoms with Crippen molar-refractivity contribution in [3.63, 3.8) is 0 Å². The zero-order valence-electron chi connectivity index (χ0n) is 9.74. The van der Waals surface area contributed by atoms with E-state index >= 15 is 0 Å². The average Bonchev–Trinajstić information content (AvgIpc) is 2.76. The molecule has 0 unspecified atom stereocenters. The minimum Gasteiger partial charge on any atom is -0.486 e. The van der Waals surface area contributed by atoms with Crippen molar-refractivity contribution in [2.75, 3.05) is 11.9 Å². The molecule has 2 aromatic rings. The molecule has 18 heavy (non-hydrogen) atoms. The number of halogens is 2. The molecule has 1 N–H and O–H groups in total. The van der Waals surface area contributed by atoms with Crippen LogP contribution in [0.4, 0.5) is 5.13 Å². The summed E-state index contributed by atoms with van der Waals surface area (Å²) >= 11 is 11.0. The normalized spacial score (nSPS) is 10.4. The average molecular weight is 348 g/mol. The molecule has 0 fully saturated rings. The minimum absolute atomic E-state index is 0.477. The highest BCUT2D eigenvalue weighted by Crippen LogP contribution is 2.29. The molecular formula is C12H12BrClN2OS. The van der Waals surface area contributed by atoms with Gasteiger partial charge in [-0.05, 0) is 25.1 Å².